The predicted molar refractivity (Wildman–Crippen MR) is 95.2 cm³/mol. The Balaban J connectivity index is 1.53. The first-order valence-electron chi connectivity index (χ1n) is 8.83. The number of nitrogens with zero attached hydrogens (tertiary/aromatic N) is 5. The molecular formula is C18H22N6O2. The molecule has 1 N–H and O–H groups in total. The third-order valence-corrected chi connectivity index (χ3v) is 4.93. The average molecular weight is 354 g/mol. The number of amides is 1. The van der Waals surface area contributed by atoms with E-state index in [9.17, 15) is 4.79 Å². The lowest BCUT2D eigenvalue weighted by Gasteiger charge is -2.22. The van der Waals surface area contributed by atoms with Crippen LogP contribution in [-0.4, -0.2) is 44.1 Å². The average Bonchev–Trinajstić information content (AvgIpc) is 3.36. The van der Waals surface area contributed by atoms with Crippen molar-refractivity contribution in [3.63, 3.8) is 0 Å². The summed E-state index contributed by atoms with van der Waals surface area (Å²) in [4.78, 5) is 22.9. The quantitative estimate of drug-likeness (QED) is 0.748. The van der Waals surface area contributed by atoms with Gasteiger partial charge < -0.3 is 14.4 Å². The molecular weight excluding hydrogens is 332 g/mol. The van der Waals surface area contributed by atoms with Crippen LogP contribution >= 0.6 is 0 Å². The maximum atomic E-state index is 11.4. The Kier molecular flexibility index (Phi) is 4.42. The number of likely N-dealkylation sites (tertiary alicyclic amines) is 1. The summed E-state index contributed by atoms with van der Waals surface area (Å²) in [6.07, 6.45) is 2.29. The first-order chi connectivity index (χ1) is 12.7. The molecule has 0 bridgehead atoms. The number of fused-ring (bicyclic) bond motifs is 1. The van der Waals surface area contributed by atoms with Crippen LogP contribution in [0.5, 0.6) is 0 Å². The summed E-state index contributed by atoms with van der Waals surface area (Å²) in [5.74, 6) is 1.89. The van der Waals surface area contributed by atoms with E-state index in [1.165, 1.54) is 0 Å². The van der Waals surface area contributed by atoms with Crippen molar-refractivity contribution >= 4 is 16.9 Å². The molecule has 4 rings (SSSR count). The molecule has 8 nitrogen and oxygen atoms in total. The molecule has 3 heterocycles. The summed E-state index contributed by atoms with van der Waals surface area (Å²) in [6, 6.07) is 8.40. The fourth-order valence-corrected chi connectivity index (χ4v) is 3.60. The normalized spacial score (nSPS) is 17.8. The first kappa shape index (κ1) is 16.7. The van der Waals surface area contributed by atoms with Crippen molar-refractivity contribution in [2.24, 2.45) is 7.05 Å². The van der Waals surface area contributed by atoms with Gasteiger partial charge in [0.1, 0.15) is 5.82 Å². The number of imidazole rings is 1. The third kappa shape index (κ3) is 3.08. The molecule has 1 amide bonds. The summed E-state index contributed by atoms with van der Waals surface area (Å²) in [7, 11) is 3.66. The Morgan fingerprint density at radius 3 is 3.00 bits per heavy atom. The number of hydrogen-bond acceptors (Lipinski definition) is 6. The van der Waals surface area contributed by atoms with Gasteiger partial charge in [0.05, 0.1) is 30.0 Å². The number of benzene rings is 1. The summed E-state index contributed by atoms with van der Waals surface area (Å²) in [5.41, 5.74) is 2.16. The zero-order chi connectivity index (χ0) is 18.1. The molecule has 0 radical (unpaired) electrons. The van der Waals surface area contributed by atoms with Gasteiger partial charge in [-0.25, -0.2) is 4.98 Å². The molecule has 3 aromatic rings. The fraction of sp³-hybridized carbons (Fsp3) is 0.444. The van der Waals surface area contributed by atoms with Crippen LogP contribution in [-0.2, 0) is 24.8 Å². The summed E-state index contributed by atoms with van der Waals surface area (Å²) < 4.78 is 7.51. The standard InChI is InChI=1S/C18H22N6O2/c1-19-16(25)10-15-21-17(26-22-15)11-24-9-5-8-14(24)18-20-12-6-3-4-7-13(12)23(18)2/h3-4,6-7,14H,5,8-11H2,1-2H3,(H,19,25). The maximum Gasteiger partial charge on any atom is 0.240 e. The lowest BCUT2D eigenvalue weighted by atomic mass is 10.2. The smallest absolute Gasteiger partial charge is 0.240 e. The Hall–Kier alpha value is -2.74. The number of carbonyl (C=O) groups is 1. The molecule has 136 valence electrons. The van der Waals surface area contributed by atoms with E-state index in [1.807, 2.05) is 18.2 Å². The van der Waals surface area contributed by atoms with Crippen LogP contribution < -0.4 is 5.32 Å². The zero-order valence-corrected chi connectivity index (χ0v) is 15.0. The van der Waals surface area contributed by atoms with Gasteiger partial charge in [-0.2, -0.15) is 4.98 Å². The zero-order valence-electron chi connectivity index (χ0n) is 15.0. The molecule has 8 heteroatoms. The van der Waals surface area contributed by atoms with Gasteiger partial charge in [0.25, 0.3) is 0 Å². The van der Waals surface area contributed by atoms with Crippen molar-refractivity contribution < 1.29 is 9.32 Å². The number of aromatic nitrogens is 4. The number of para-hydroxylation sites is 2. The van der Waals surface area contributed by atoms with E-state index in [-0.39, 0.29) is 18.4 Å². The van der Waals surface area contributed by atoms with Gasteiger partial charge in [0, 0.05) is 14.1 Å². The van der Waals surface area contributed by atoms with Gasteiger partial charge in [-0.3, -0.25) is 9.69 Å². The van der Waals surface area contributed by atoms with Crippen molar-refractivity contribution in [1.82, 2.24) is 29.9 Å². The van der Waals surface area contributed by atoms with Crippen LogP contribution in [0.4, 0.5) is 0 Å². The van der Waals surface area contributed by atoms with Crippen molar-refractivity contribution in [1.29, 1.82) is 0 Å². The van der Waals surface area contributed by atoms with Crippen molar-refractivity contribution in [3.8, 4) is 0 Å². The molecule has 26 heavy (non-hydrogen) atoms. The summed E-state index contributed by atoms with van der Waals surface area (Å²) in [6.45, 7) is 1.52. The number of likely N-dealkylation sites (N-methyl/N-ethyl adjacent to an activating group) is 1. The van der Waals surface area contributed by atoms with Gasteiger partial charge in [-0.05, 0) is 31.5 Å². The molecule has 2 aromatic heterocycles. The van der Waals surface area contributed by atoms with Crippen LogP contribution in [0.2, 0.25) is 0 Å². The van der Waals surface area contributed by atoms with E-state index in [0.29, 0.717) is 18.3 Å². The molecule has 1 saturated heterocycles. The Labute approximate surface area is 151 Å². The van der Waals surface area contributed by atoms with E-state index in [1.54, 1.807) is 7.05 Å². The number of aryl methyl sites for hydroxylation is 1. The molecule has 1 fully saturated rings. The van der Waals surface area contributed by atoms with E-state index in [0.717, 1.165) is 36.2 Å². The molecule has 1 aromatic carbocycles. The highest BCUT2D eigenvalue weighted by atomic mass is 16.5. The van der Waals surface area contributed by atoms with Crippen LogP contribution in [0.25, 0.3) is 11.0 Å². The van der Waals surface area contributed by atoms with Gasteiger partial charge in [0.15, 0.2) is 5.82 Å². The fourth-order valence-electron chi connectivity index (χ4n) is 3.60. The molecule has 0 spiro atoms. The van der Waals surface area contributed by atoms with Gasteiger partial charge in [-0.15, -0.1) is 0 Å². The van der Waals surface area contributed by atoms with E-state index in [4.69, 9.17) is 9.51 Å². The van der Waals surface area contributed by atoms with Crippen molar-refractivity contribution in [2.75, 3.05) is 13.6 Å². The lowest BCUT2D eigenvalue weighted by Crippen LogP contribution is -2.25. The number of carbonyl (C=O) groups excluding carboxylic acids is 1. The monoisotopic (exact) mass is 354 g/mol. The van der Waals surface area contributed by atoms with Crippen LogP contribution in [0, 0.1) is 0 Å². The third-order valence-electron chi connectivity index (χ3n) is 4.93. The van der Waals surface area contributed by atoms with Gasteiger partial charge >= 0.3 is 0 Å². The molecule has 0 saturated carbocycles. The van der Waals surface area contributed by atoms with E-state index in [2.05, 4.69) is 38.0 Å². The molecule has 1 atom stereocenters. The molecule has 1 aliphatic rings. The van der Waals surface area contributed by atoms with E-state index < -0.39 is 0 Å². The highest BCUT2D eigenvalue weighted by molar-refractivity contribution is 5.77. The van der Waals surface area contributed by atoms with Gasteiger partial charge in [-0.1, -0.05) is 17.3 Å². The minimum Gasteiger partial charge on any atom is -0.359 e. The van der Waals surface area contributed by atoms with Crippen molar-refractivity contribution in [3.05, 3.63) is 41.8 Å². The summed E-state index contributed by atoms with van der Waals surface area (Å²) in [5, 5.41) is 6.46. The minimum atomic E-state index is -0.129. The second kappa shape index (κ2) is 6.87. The maximum absolute atomic E-state index is 11.4. The number of rotatable bonds is 5. The highest BCUT2D eigenvalue weighted by Gasteiger charge is 2.31. The SMILES string of the molecule is CNC(=O)Cc1noc(CN2CCCC2c2nc3ccccc3n2C)n1. The predicted octanol–water partition coefficient (Wildman–Crippen LogP) is 1.58. The van der Waals surface area contributed by atoms with Crippen LogP contribution in [0.3, 0.4) is 0 Å². The second-order valence-corrected chi connectivity index (χ2v) is 6.60. The van der Waals surface area contributed by atoms with Crippen LogP contribution in [0.1, 0.15) is 36.4 Å². The van der Waals surface area contributed by atoms with Gasteiger partial charge in [0.2, 0.25) is 11.8 Å². The van der Waals surface area contributed by atoms with Crippen molar-refractivity contribution in [2.45, 2.75) is 31.8 Å². The topological polar surface area (TPSA) is 89.1 Å². The van der Waals surface area contributed by atoms with E-state index >= 15 is 0 Å². The minimum absolute atomic E-state index is 0.129. The summed E-state index contributed by atoms with van der Waals surface area (Å²) >= 11 is 0. The second-order valence-electron chi connectivity index (χ2n) is 6.60. The number of hydrogen-bond donors (Lipinski definition) is 1. The lowest BCUT2D eigenvalue weighted by molar-refractivity contribution is -0.120. The molecule has 1 unspecified atom stereocenters. The molecule has 1 aliphatic heterocycles. The first-order valence-corrected chi connectivity index (χ1v) is 8.83. The largest absolute Gasteiger partial charge is 0.359 e. The highest BCUT2D eigenvalue weighted by Crippen LogP contribution is 2.33. The van der Waals surface area contributed by atoms with Crippen LogP contribution in [0.15, 0.2) is 28.8 Å². The Bertz CT molecular complexity index is 931. The molecule has 0 aliphatic carbocycles. The number of nitrogens with one attached hydrogen (secondary N) is 1. The Morgan fingerprint density at radius 1 is 1.35 bits per heavy atom. The Morgan fingerprint density at radius 2 is 2.19 bits per heavy atom.